The van der Waals surface area contributed by atoms with Crippen LogP contribution in [-0.4, -0.2) is 131 Å². The van der Waals surface area contributed by atoms with E-state index in [2.05, 4.69) is 0 Å². The third-order valence-electron chi connectivity index (χ3n) is 7.73. The fourth-order valence-electron chi connectivity index (χ4n) is 3.55. The maximum absolute atomic E-state index is 13.9. The van der Waals surface area contributed by atoms with Crippen molar-refractivity contribution in [2.45, 2.75) is 119 Å². The number of carbonyl (C=O) groups is 2. The Morgan fingerprint density at radius 3 is 0.397 bits per heavy atom. The Balaban J connectivity index is 7.24. The van der Waals surface area contributed by atoms with Crippen LogP contribution in [0.1, 0.15) is 0 Å². The number of rotatable bonds is 18. The predicted molar refractivity (Wildman–Crippen MR) is 113 cm³/mol. The second-order valence-corrected chi connectivity index (χ2v) is 12.1. The number of hydrogen-bond acceptors (Lipinski definition) is 4. The molecule has 0 unspecified atom stereocenters. The Morgan fingerprint density at radius 1 is 0.176 bits per heavy atom. The van der Waals surface area contributed by atoms with E-state index in [0.29, 0.717) is 0 Å². The predicted octanol–water partition coefficient (Wildman–Crippen LogP) is 12.5. The molecule has 0 spiro atoms. The van der Waals surface area contributed by atoms with E-state index in [4.69, 9.17) is 0 Å². The Labute approximate surface area is 336 Å². The summed E-state index contributed by atoms with van der Waals surface area (Å²) >= 11 is 0. The topological polar surface area (TPSA) is 52.6 Å². The molecule has 0 rings (SSSR count). The van der Waals surface area contributed by atoms with Gasteiger partial charge in [-0.2, -0.15) is 184 Å². The highest BCUT2D eigenvalue weighted by molar-refractivity contribution is 5.82. The highest BCUT2D eigenvalue weighted by Gasteiger charge is 3.00. The molecule has 0 radical (unpaired) electrons. The van der Waals surface area contributed by atoms with Crippen LogP contribution in [-0.2, 0) is 19.4 Å². The molecular weight excluding hydrogens is 1130 g/mol. The molecule has 4 nitrogen and oxygen atoms in total. The fraction of sp³-hybridized carbons (Fsp3) is 0.909. The molecule has 0 aliphatic rings. The van der Waals surface area contributed by atoms with E-state index < -0.39 is 131 Å². The summed E-state index contributed by atoms with van der Waals surface area (Å²) in [4.78, 5) is 24.9. The fourth-order valence-corrected chi connectivity index (χ4v) is 3.55. The highest BCUT2D eigenvalue weighted by Crippen LogP contribution is 2.68. The van der Waals surface area contributed by atoms with Crippen molar-refractivity contribution in [1.29, 1.82) is 0 Å². The standard InChI is InChI=1S/C22F42O4/c23-3(24,5(27,28)7(31,32)9(35,36)11(39,40)13(43,44)15(47,48)17(51,52)19(55,56)21(59,60)61)1(65)67-68-2(66)4(25,26)6(29,30)8(33,34)10(37,38)12(41,42)14(45,46)16(49,50)18(53,54)20(57,58)22(62,63)64. The molecule has 0 aromatic carbocycles. The van der Waals surface area contributed by atoms with Gasteiger partial charge in [0.05, 0.1) is 0 Å². The summed E-state index contributed by atoms with van der Waals surface area (Å²) in [5, 5.41) is 0. The smallest absolute Gasteiger partial charge is 0.240 e. The zero-order valence-electron chi connectivity index (χ0n) is 28.5. The van der Waals surface area contributed by atoms with Crippen molar-refractivity contribution in [3.63, 3.8) is 0 Å². The first-order chi connectivity index (χ1) is 28.5. The quantitative estimate of drug-likeness (QED) is 0.0780. The largest absolute Gasteiger partial charge is 0.460 e. The van der Waals surface area contributed by atoms with Crippen molar-refractivity contribution in [1.82, 2.24) is 0 Å². The molecule has 0 atom stereocenters. The van der Waals surface area contributed by atoms with E-state index in [0.717, 1.165) is 0 Å². The summed E-state index contributed by atoms with van der Waals surface area (Å²) in [6.07, 6.45) is -16.8. The van der Waals surface area contributed by atoms with Crippen LogP contribution in [0.4, 0.5) is 184 Å². The molecule has 0 aromatic heterocycles. The molecular formula is C22F42O4. The van der Waals surface area contributed by atoms with Crippen molar-refractivity contribution in [2.24, 2.45) is 0 Å². The van der Waals surface area contributed by atoms with Gasteiger partial charge < -0.3 is 0 Å². The molecule has 0 saturated heterocycles. The Hall–Kier alpha value is -4.00. The average molecular weight is 1130 g/mol. The average Bonchev–Trinajstić information content (AvgIpc) is 3.10. The maximum atomic E-state index is 13.9. The van der Waals surface area contributed by atoms with Gasteiger partial charge in [0.1, 0.15) is 0 Å². The number of alkyl halides is 42. The monoisotopic (exact) mass is 1130 g/mol. The van der Waals surface area contributed by atoms with Gasteiger partial charge in [0.25, 0.3) is 0 Å². The first-order valence-electron chi connectivity index (χ1n) is 13.9. The van der Waals surface area contributed by atoms with Crippen LogP contribution in [0.3, 0.4) is 0 Å². The van der Waals surface area contributed by atoms with Gasteiger partial charge in [-0.1, -0.05) is 0 Å². The van der Waals surface area contributed by atoms with E-state index in [-0.39, 0.29) is 0 Å². The molecule has 0 aliphatic heterocycles. The minimum Gasteiger partial charge on any atom is -0.240 e. The Kier molecular flexibility index (Phi) is 14.8. The Morgan fingerprint density at radius 2 is 0.279 bits per heavy atom. The van der Waals surface area contributed by atoms with Gasteiger partial charge in [0.15, 0.2) is 0 Å². The van der Waals surface area contributed by atoms with Crippen molar-refractivity contribution in [3.8, 4) is 0 Å². The number of hydrogen-bond donors (Lipinski definition) is 0. The summed E-state index contributed by atoms with van der Waals surface area (Å²) in [5.74, 6) is -184. The zero-order chi connectivity index (χ0) is 56.6. The molecule has 0 fully saturated rings. The molecule has 0 aliphatic carbocycles. The molecule has 406 valence electrons. The van der Waals surface area contributed by atoms with Crippen LogP contribution in [0.5, 0.6) is 0 Å². The minimum absolute atomic E-state index is 1.43. The van der Waals surface area contributed by atoms with E-state index in [1.165, 1.54) is 9.78 Å². The van der Waals surface area contributed by atoms with Crippen molar-refractivity contribution in [3.05, 3.63) is 0 Å². The van der Waals surface area contributed by atoms with Crippen LogP contribution < -0.4 is 0 Å². The van der Waals surface area contributed by atoms with Crippen LogP contribution in [0.2, 0.25) is 0 Å². The SMILES string of the molecule is O=C(OOC(=O)C(F)(F)C(F)(F)C(F)(F)C(F)(F)C(F)(F)C(F)(F)C(F)(F)C(F)(F)C(F)(F)C(F)(F)F)C(F)(F)C(F)(F)C(F)(F)C(F)(F)C(F)(F)C(F)(F)C(F)(F)C(F)(F)C(F)(F)C(F)(F)F. The molecule has 0 amide bonds. The van der Waals surface area contributed by atoms with Gasteiger partial charge in [-0.3, -0.25) is 0 Å². The van der Waals surface area contributed by atoms with Gasteiger partial charge in [0.2, 0.25) is 0 Å². The summed E-state index contributed by atoms with van der Waals surface area (Å²) in [7, 11) is 0. The van der Waals surface area contributed by atoms with E-state index in [1.54, 1.807) is 0 Å². The van der Waals surface area contributed by atoms with Gasteiger partial charge in [-0.05, 0) is 0 Å². The van der Waals surface area contributed by atoms with E-state index in [1.807, 2.05) is 0 Å². The molecule has 0 N–H and O–H groups in total. The lowest BCUT2D eigenvalue weighted by Crippen LogP contribution is -2.77. The van der Waals surface area contributed by atoms with Crippen LogP contribution in [0.25, 0.3) is 0 Å². The summed E-state index contributed by atoms with van der Waals surface area (Å²) in [5.41, 5.74) is 0. The van der Waals surface area contributed by atoms with Gasteiger partial charge >= 0.3 is 131 Å². The normalized spacial score (nSPS) is 16.8. The van der Waals surface area contributed by atoms with Crippen molar-refractivity contribution < 1.29 is 204 Å². The van der Waals surface area contributed by atoms with Crippen LogP contribution in [0, 0.1) is 0 Å². The lowest BCUT2D eigenvalue weighted by atomic mass is 9.86. The van der Waals surface area contributed by atoms with Gasteiger partial charge in [-0.15, -0.1) is 0 Å². The summed E-state index contributed by atoms with van der Waals surface area (Å²) < 4.78 is 561. The third kappa shape index (κ3) is 7.53. The molecule has 0 saturated carbocycles. The molecule has 0 aromatic rings. The molecule has 46 heteroatoms. The van der Waals surface area contributed by atoms with Gasteiger partial charge in [0, 0.05) is 0 Å². The molecule has 68 heavy (non-hydrogen) atoms. The lowest BCUT2D eigenvalue weighted by molar-refractivity contribution is -0.474. The molecule has 0 heterocycles. The second kappa shape index (κ2) is 15.8. The zero-order valence-corrected chi connectivity index (χ0v) is 28.5. The number of halogens is 42. The summed E-state index contributed by atoms with van der Waals surface area (Å²) in [6.45, 7) is 0. The Bertz CT molecular complexity index is 1740. The first kappa shape index (κ1) is 64.0. The lowest BCUT2D eigenvalue weighted by Gasteiger charge is -2.44. The van der Waals surface area contributed by atoms with Crippen molar-refractivity contribution >= 4 is 11.9 Å². The first-order valence-corrected chi connectivity index (χ1v) is 13.9. The van der Waals surface area contributed by atoms with E-state index >= 15 is 0 Å². The maximum Gasteiger partial charge on any atom is 0.460 e. The summed E-state index contributed by atoms with van der Waals surface area (Å²) in [6, 6.07) is 0. The molecule has 0 bridgehead atoms. The van der Waals surface area contributed by atoms with Gasteiger partial charge in [-0.25, -0.2) is 19.4 Å². The van der Waals surface area contributed by atoms with Crippen molar-refractivity contribution in [2.75, 3.05) is 0 Å². The van der Waals surface area contributed by atoms with Crippen LogP contribution in [0.15, 0.2) is 0 Å². The highest BCUT2D eigenvalue weighted by atomic mass is 19.5. The van der Waals surface area contributed by atoms with E-state index in [9.17, 15) is 194 Å². The third-order valence-corrected chi connectivity index (χ3v) is 7.73. The van der Waals surface area contributed by atoms with Crippen LogP contribution >= 0.6 is 0 Å². The minimum atomic E-state index is -9.97. The second-order valence-electron chi connectivity index (χ2n) is 12.1. The number of carbonyl (C=O) groups excluding carboxylic acids is 2.